The summed E-state index contributed by atoms with van der Waals surface area (Å²) in [5.74, 6) is -0.253. The maximum atomic E-state index is 13.4. The van der Waals surface area contributed by atoms with E-state index in [1.165, 1.54) is 24.8 Å². The van der Waals surface area contributed by atoms with Gasteiger partial charge in [-0.2, -0.15) is 5.10 Å². The van der Waals surface area contributed by atoms with E-state index >= 15 is 0 Å². The maximum Gasteiger partial charge on any atom is 0.264 e. The van der Waals surface area contributed by atoms with Gasteiger partial charge in [0, 0.05) is 0 Å². The topological polar surface area (TPSA) is 88.1 Å². The minimum absolute atomic E-state index is 0.0676. The standard InChI is InChI=1S/C25H27N3O4S/c1-18-14-15-21(20(3)19(18)2)16-26-27-25(29)17-28(23-12-8-9-13-24(23)32-4)33(30,31)22-10-6-5-7-11-22/h5-16H,17H2,1-4H3,(H,27,29)/b26-16-. The molecule has 0 aliphatic rings. The summed E-state index contributed by atoms with van der Waals surface area (Å²) in [4.78, 5) is 12.8. The molecule has 0 aliphatic heterocycles. The van der Waals surface area contributed by atoms with Crippen LogP contribution in [0.4, 0.5) is 5.69 Å². The molecule has 7 nitrogen and oxygen atoms in total. The van der Waals surface area contributed by atoms with Crippen LogP contribution in [-0.2, 0) is 14.8 Å². The van der Waals surface area contributed by atoms with E-state index < -0.39 is 22.5 Å². The summed E-state index contributed by atoms with van der Waals surface area (Å²) in [6.07, 6.45) is 1.55. The van der Waals surface area contributed by atoms with Gasteiger partial charge >= 0.3 is 0 Å². The summed E-state index contributed by atoms with van der Waals surface area (Å²) >= 11 is 0. The van der Waals surface area contributed by atoms with Gasteiger partial charge in [-0.15, -0.1) is 0 Å². The summed E-state index contributed by atoms with van der Waals surface area (Å²) in [5.41, 5.74) is 6.96. The second-order valence-corrected chi connectivity index (χ2v) is 9.37. The molecule has 33 heavy (non-hydrogen) atoms. The Hall–Kier alpha value is -3.65. The Morgan fingerprint density at radius 3 is 2.33 bits per heavy atom. The number of hydrogen-bond donors (Lipinski definition) is 1. The normalized spacial score (nSPS) is 11.4. The Balaban J connectivity index is 1.88. The fraction of sp³-hybridized carbons (Fsp3) is 0.200. The predicted octanol–water partition coefficient (Wildman–Crippen LogP) is 3.97. The second-order valence-electron chi connectivity index (χ2n) is 7.51. The highest BCUT2D eigenvalue weighted by atomic mass is 32.2. The van der Waals surface area contributed by atoms with E-state index in [1.807, 2.05) is 32.9 Å². The molecule has 0 heterocycles. The van der Waals surface area contributed by atoms with Crippen LogP contribution < -0.4 is 14.5 Å². The van der Waals surface area contributed by atoms with E-state index in [0.717, 1.165) is 21.0 Å². The van der Waals surface area contributed by atoms with Gasteiger partial charge in [-0.25, -0.2) is 13.8 Å². The van der Waals surface area contributed by atoms with Gasteiger partial charge in [-0.1, -0.05) is 42.5 Å². The maximum absolute atomic E-state index is 13.4. The van der Waals surface area contributed by atoms with Crippen LogP contribution in [0.25, 0.3) is 0 Å². The number of methoxy groups -OCH3 is 1. The number of nitrogens with one attached hydrogen (secondary N) is 1. The molecule has 3 aromatic rings. The van der Waals surface area contributed by atoms with Gasteiger partial charge < -0.3 is 4.74 Å². The minimum Gasteiger partial charge on any atom is -0.495 e. The number of carbonyl (C=O) groups excluding carboxylic acids is 1. The zero-order chi connectivity index (χ0) is 24.0. The van der Waals surface area contributed by atoms with E-state index in [1.54, 1.807) is 48.7 Å². The zero-order valence-corrected chi connectivity index (χ0v) is 19.9. The fourth-order valence-corrected chi connectivity index (χ4v) is 4.76. The summed E-state index contributed by atoms with van der Waals surface area (Å²) in [6, 6.07) is 18.5. The molecule has 0 atom stereocenters. The lowest BCUT2D eigenvalue weighted by Gasteiger charge is -2.25. The summed E-state index contributed by atoms with van der Waals surface area (Å²) in [5, 5.41) is 4.04. The number of para-hydroxylation sites is 2. The van der Waals surface area contributed by atoms with Crippen LogP contribution in [0.15, 0.2) is 76.7 Å². The average molecular weight is 466 g/mol. The first-order valence-corrected chi connectivity index (χ1v) is 11.8. The van der Waals surface area contributed by atoms with E-state index in [4.69, 9.17) is 4.74 Å². The molecular weight excluding hydrogens is 438 g/mol. The molecular formula is C25H27N3O4S. The number of rotatable bonds is 8. The lowest BCUT2D eigenvalue weighted by Crippen LogP contribution is -2.39. The number of hydrazone groups is 1. The summed E-state index contributed by atoms with van der Waals surface area (Å²) < 4.78 is 33.2. The van der Waals surface area contributed by atoms with Crippen molar-refractivity contribution in [2.75, 3.05) is 18.0 Å². The Morgan fingerprint density at radius 1 is 0.970 bits per heavy atom. The fourth-order valence-electron chi connectivity index (χ4n) is 3.31. The van der Waals surface area contributed by atoms with Crippen LogP contribution in [0.2, 0.25) is 0 Å². The molecule has 0 unspecified atom stereocenters. The van der Waals surface area contributed by atoms with Crippen molar-refractivity contribution in [3.63, 3.8) is 0 Å². The van der Waals surface area contributed by atoms with Crippen molar-refractivity contribution in [1.82, 2.24) is 5.43 Å². The van der Waals surface area contributed by atoms with Crippen molar-refractivity contribution in [1.29, 1.82) is 0 Å². The lowest BCUT2D eigenvalue weighted by atomic mass is 10.00. The minimum atomic E-state index is -4.04. The molecule has 8 heteroatoms. The van der Waals surface area contributed by atoms with Crippen LogP contribution in [0.5, 0.6) is 5.75 Å². The molecule has 0 bridgehead atoms. The molecule has 0 saturated heterocycles. The highest BCUT2D eigenvalue weighted by Gasteiger charge is 2.29. The number of hydrogen-bond acceptors (Lipinski definition) is 5. The molecule has 0 fully saturated rings. The quantitative estimate of drug-likeness (QED) is 0.403. The van der Waals surface area contributed by atoms with Crippen LogP contribution in [0, 0.1) is 20.8 Å². The van der Waals surface area contributed by atoms with E-state index in [-0.39, 0.29) is 10.6 Å². The van der Waals surface area contributed by atoms with Crippen LogP contribution in [0.3, 0.4) is 0 Å². The Morgan fingerprint density at radius 2 is 1.64 bits per heavy atom. The Kier molecular flexibility index (Phi) is 7.50. The van der Waals surface area contributed by atoms with Gasteiger partial charge in [0.15, 0.2) is 0 Å². The molecule has 0 radical (unpaired) electrons. The van der Waals surface area contributed by atoms with Gasteiger partial charge in [0.05, 0.1) is 23.9 Å². The van der Waals surface area contributed by atoms with E-state index in [2.05, 4.69) is 10.5 Å². The third-order valence-electron chi connectivity index (χ3n) is 5.47. The van der Waals surface area contributed by atoms with Gasteiger partial charge in [0.25, 0.3) is 15.9 Å². The number of benzene rings is 3. The Bertz CT molecular complexity index is 1270. The van der Waals surface area contributed by atoms with Crippen molar-refractivity contribution in [2.24, 2.45) is 5.10 Å². The number of sulfonamides is 1. The molecule has 3 rings (SSSR count). The van der Waals surface area contributed by atoms with Crippen molar-refractivity contribution < 1.29 is 17.9 Å². The molecule has 0 saturated carbocycles. The molecule has 1 N–H and O–H groups in total. The summed E-state index contributed by atoms with van der Waals surface area (Å²) in [7, 11) is -2.59. The summed E-state index contributed by atoms with van der Waals surface area (Å²) in [6.45, 7) is 5.58. The third-order valence-corrected chi connectivity index (χ3v) is 7.24. The van der Waals surface area contributed by atoms with Gasteiger partial charge in [0.2, 0.25) is 0 Å². The van der Waals surface area contributed by atoms with Gasteiger partial charge in [-0.05, 0) is 67.3 Å². The van der Waals surface area contributed by atoms with Gasteiger partial charge in [0.1, 0.15) is 12.3 Å². The van der Waals surface area contributed by atoms with Crippen molar-refractivity contribution in [2.45, 2.75) is 25.7 Å². The predicted molar refractivity (Wildman–Crippen MR) is 130 cm³/mol. The molecule has 3 aromatic carbocycles. The third kappa shape index (κ3) is 5.40. The van der Waals surface area contributed by atoms with Crippen molar-refractivity contribution in [3.8, 4) is 5.75 Å². The van der Waals surface area contributed by atoms with Crippen LogP contribution >= 0.6 is 0 Å². The highest BCUT2D eigenvalue weighted by Crippen LogP contribution is 2.32. The number of carbonyl (C=O) groups is 1. The Labute approximate surface area is 194 Å². The average Bonchev–Trinajstić information content (AvgIpc) is 2.83. The zero-order valence-electron chi connectivity index (χ0n) is 19.1. The number of anilines is 1. The monoisotopic (exact) mass is 465 g/mol. The van der Waals surface area contributed by atoms with Crippen LogP contribution in [0.1, 0.15) is 22.3 Å². The first-order chi connectivity index (χ1) is 15.8. The van der Waals surface area contributed by atoms with E-state index in [9.17, 15) is 13.2 Å². The van der Waals surface area contributed by atoms with Crippen molar-refractivity contribution in [3.05, 3.63) is 89.0 Å². The number of aryl methyl sites for hydroxylation is 1. The SMILES string of the molecule is COc1ccccc1N(CC(=O)N/N=C\c1ccc(C)c(C)c1C)S(=O)(=O)c1ccccc1. The molecule has 0 spiro atoms. The first-order valence-electron chi connectivity index (χ1n) is 10.3. The lowest BCUT2D eigenvalue weighted by molar-refractivity contribution is -0.119. The number of ether oxygens (including phenoxy) is 1. The largest absolute Gasteiger partial charge is 0.495 e. The van der Waals surface area contributed by atoms with E-state index in [0.29, 0.717) is 5.75 Å². The number of nitrogens with zero attached hydrogens (tertiary/aromatic N) is 2. The smallest absolute Gasteiger partial charge is 0.264 e. The first kappa shape index (κ1) is 24.0. The second kappa shape index (κ2) is 10.3. The van der Waals surface area contributed by atoms with Crippen LogP contribution in [-0.4, -0.2) is 34.2 Å². The number of amides is 1. The highest BCUT2D eigenvalue weighted by molar-refractivity contribution is 7.92. The molecule has 1 amide bonds. The molecule has 0 aliphatic carbocycles. The molecule has 0 aromatic heterocycles. The van der Waals surface area contributed by atoms with Crippen molar-refractivity contribution >= 4 is 27.8 Å². The van der Waals surface area contributed by atoms with Gasteiger partial charge in [-0.3, -0.25) is 9.10 Å². The molecule has 172 valence electrons.